The van der Waals surface area contributed by atoms with Gasteiger partial charge in [-0.05, 0) is 24.3 Å². The van der Waals surface area contributed by atoms with Crippen molar-refractivity contribution in [3.05, 3.63) is 59.0 Å². The number of nitrogens with two attached hydrogens (primary N) is 1. The lowest BCUT2D eigenvalue weighted by Crippen LogP contribution is -2.24. The van der Waals surface area contributed by atoms with Crippen molar-refractivity contribution < 1.29 is 9.21 Å². The van der Waals surface area contributed by atoms with E-state index in [1.807, 2.05) is 0 Å². The monoisotopic (exact) mass is 282 g/mol. The quantitative estimate of drug-likeness (QED) is 0.748. The van der Waals surface area contributed by atoms with Crippen molar-refractivity contribution in [1.29, 1.82) is 0 Å². The van der Waals surface area contributed by atoms with Crippen LogP contribution in [0.2, 0.25) is 0 Å². The van der Waals surface area contributed by atoms with Crippen LogP contribution in [0.3, 0.4) is 0 Å². The number of hydrogen-bond acceptors (Lipinski definition) is 5. The number of nitrogens with one attached hydrogen (secondary N) is 1. The number of aromatic amines is 1. The summed E-state index contributed by atoms with van der Waals surface area (Å²) >= 11 is 0. The predicted octanol–water partition coefficient (Wildman–Crippen LogP) is 1.19. The third-order valence-corrected chi connectivity index (χ3v) is 2.93. The third kappa shape index (κ3) is 2.32. The number of pyridine rings is 1. The van der Waals surface area contributed by atoms with E-state index in [0.717, 1.165) is 0 Å². The predicted molar refractivity (Wildman–Crippen MR) is 74.3 cm³/mol. The lowest BCUT2D eigenvalue weighted by molar-refractivity contribution is 0.0999. The van der Waals surface area contributed by atoms with Crippen LogP contribution in [0.4, 0.5) is 0 Å². The van der Waals surface area contributed by atoms with E-state index in [9.17, 15) is 9.59 Å². The molecule has 0 unspecified atom stereocenters. The van der Waals surface area contributed by atoms with Gasteiger partial charge in [0, 0.05) is 11.8 Å². The molecule has 3 heterocycles. The van der Waals surface area contributed by atoms with Gasteiger partial charge >= 0.3 is 0 Å². The molecule has 0 saturated heterocycles. The van der Waals surface area contributed by atoms with Gasteiger partial charge in [-0.15, -0.1) is 0 Å². The van der Waals surface area contributed by atoms with Crippen LogP contribution in [0, 0.1) is 0 Å². The van der Waals surface area contributed by atoms with Crippen LogP contribution in [0.1, 0.15) is 10.4 Å². The van der Waals surface area contributed by atoms with Crippen LogP contribution >= 0.6 is 0 Å². The fourth-order valence-electron chi connectivity index (χ4n) is 1.98. The van der Waals surface area contributed by atoms with E-state index in [-0.39, 0.29) is 5.56 Å². The van der Waals surface area contributed by atoms with Crippen molar-refractivity contribution in [2.24, 2.45) is 5.73 Å². The largest absolute Gasteiger partial charge is 0.463 e. The molecule has 0 atom stereocenters. The first kappa shape index (κ1) is 12.8. The fraction of sp³-hybridized carbons (Fsp3) is 0. The molecule has 0 radical (unpaired) electrons. The second kappa shape index (κ2) is 5.04. The summed E-state index contributed by atoms with van der Waals surface area (Å²) in [5.41, 5.74) is 5.99. The topological polar surface area (TPSA) is 115 Å². The maximum absolute atomic E-state index is 11.9. The molecule has 0 aliphatic carbocycles. The Morgan fingerprint density at radius 1 is 1.33 bits per heavy atom. The Bertz CT molecular complexity index is 838. The van der Waals surface area contributed by atoms with Gasteiger partial charge in [-0.3, -0.25) is 9.59 Å². The summed E-state index contributed by atoms with van der Waals surface area (Å²) in [7, 11) is 0. The maximum atomic E-state index is 11.9. The van der Waals surface area contributed by atoms with E-state index in [2.05, 4.69) is 15.0 Å². The standard InChI is InChI=1S/C14H10N4O3/c15-13(19)9-6-8(10-3-4-16-7-17-10)12(18-14(9)20)11-2-1-5-21-11/h1-7H,(H2,15,19)(H,18,20). The normalized spacial score (nSPS) is 10.5. The van der Waals surface area contributed by atoms with Gasteiger partial charge in [0.25, 0.3) is 11.5 Å². The molecular formula is C14H10N4O3. The van der Waals surface area contributed by atoms with Crippen molar-refractivity contribution in [1.82, 2.24) is 15.0 Å². The lowest BCUT2D eigenvalue weighted by Gasteiger charge is -2.08. The highest BCUT2D eigenvalue weighted by atomic mass is 16.3. The number of hydrogen-bond donors (Lipinski definition) is 2. The Kier molecular flexibility index (Phi) is 3.07. The van der Waals surface area contributed by atoms with E-state index >= 15 is 0 Å². The minimum Gasteiger partial charge on any atom is -0.463 e. The summed E-state index contributed by atoms with van der Waals surface area (Å²) in [6.07, 6.45) is 4.42. The summed E-state index contributed by atoms with van der Waals surface area (Å²) in [4.78, 5) is 33.9. The molecule has 0 aliphatic rings. The van der Waals surface area contributed by atoms with Crippen LogP contribution in [0.5, 0.6) is 0 Å². The zero-order valence-electron chi connectivity index (χ0n) is 10.7. The first-order chi connectivity index (χ1) is 10.2. The molecule has 3 aromatic rings. The highest BCUT2D eigenvalue weighted by Gasteiger charge is 2.17. The molecule has 1 amide bonds. The van der Waals surface area contributed by atoms with Gasteiger partial charge in [-0.2, -0.15) is 0 Å². The second-order valence-electron chi connectivity index (χ2n) is 4.24. The molecule has 0 bridgehead atoms. The summed E-state index contributed by atoms with van der Waals surface area (Å²) in [6, 6.07) is 6.45. The van der Waals surface area contributed by atoms with Gasteiger partial charge in [0.2, 0.25) is 0 Å². The Hall–Kier alpha value is -3.22. The van der Waals surface area contributed by atoms with E-state index in [4.69, 9.17) is 10.2 Å². The smallest absolute Gasteiger partial charge is 0.261 e. The Labute approximate surface area is 118 Å². The molecule has 0 aromatic carbocycles. The van der Waals surface area contributed by atoms with Crippen molar-refractivity contribution in [3.8, 4) is 22.7 Å². The molecule has 3 N–H and O–H groups in total. The average Bonchev–Trinajstić information content (AvgIpc) is 3.01. The number of carbonyl (C=O) groups is 1. The molecule has 104 valence electrons. The summed E-state index contributed by atoms with van der Waals surface area (Å²) < 4.78 is 5.31. The number of aromatic nitrogens is 3. The summed E-state index contributed by atoms with van der Waals surface area (Å²) in [5, 5.41) is 0. The maximum Gasteiger partial charge on any atom is 0.261 e. The number of H-pyrrole nitrogens is 1. The third-order valence-electron chi connectivity index (χ3n) is 2.93. The molecule has 0 aliphatic heterocycles. The number of furan rings is 1. The first-order valence-electron chi connectivity index (χ1n) is 6.04. The lowest BCUT2D eigenvalue weighted by atomic mass is 10.1. The molecule has 21 heavy (non-hydrogen) atoms. The van der Waals surface area contributed by atoms with Crippen molar-refractivity contribution >= 4 is 5.91 Å². The number of nitrogens with zero attached hydrogens (tertiary/aromatic N) is 2. The number of amides is 1. The zero-order valence-corrected chi connectivity index (χ0v) is 10.7. The van der Waals surface area contributed by atoms with Gasteiger partial charge in [-0.1, -0.05) is 0 Å². The number of primary amides is 1. The molecule has 7 nitrogen and oxygen atoms in total. The van der Waals surface area contributed by atoms with Gasteiger partial charge in [0.05, 0.1) is 17.7 Å². The first-order valence-corrected chi connectivity index (χ1v) is 6.04. The molecule has 0 spiro atoms. The minimum absolute atomic E-state index is 0.140. The van der Waals surface area contributed by atoms with Crippen LogP contribution < -0.4 is 11.3 Å². The average molecular weight is 282 g/mol. The Morgan fingerprint density at radius 3 is 2.81 bits per heavy atom. The van der Waals surface area contributed by atoms with Crippen LogP contribution in [-0.4, -0.2) is 20.9 Å². The highest BCUT2D eigenvalue weighted by Crippen LogP contribution is 2.28. The molecule has 0 saturated carbocycles. The second-order valence-corrected chi connectivity index (χ2v) is 4.24. The van der Waals surface area contributed by atoms with Gasteiger partial charge in [0.1, 0.15) is 11.9 Å². The summed E-state index contributed by atoms with van der Waals surface area (Å²) in [5.74, 6) is -0.353. The SMILES string of the molecule is NC(=O)c1cc(-c2ccncn2)c(-c2ccco2)[nH]c1=O. The molecular weight excluding hydrogens is 272 g/mol. The Balaban J connectivity index is 2.31. The van der Waals surface area contributed by atoms with Gasteiger partial charge in [0.15, 0.2) is 5.76 Å². The fourth-order valence-corrected chi connectivity index (χ4v) is 1.98. The molecule has 3 rings (SSSR count). The van der Waals surface area contributed by atoms with E-state index in [1.54, 1.807) is 24.4 Å². The Morgan fingerprint density at radius 2 is 2.19 bits per heavy atom. The number of carbonyl (C=O) groups excluding carboxylic acids is 1. The van der Waals surface area contributed by atoms with E-state index in [1.165, 1.54) is 18.7 Å². The van der Waals surface area contributed by atoms with Crippen LogP contribution in [-0.2, 0) is 0 Å². The van der Waals surface area contributed by atoms with Crippen molar-refractivity contribution in [3.63, 3.8) is 0 Å². The van der Waals surface area contributed by atoms with Gasteiger partial charge < -0.3 is 15.1 Å². The molecule has 0 fully saturated rings. The minimum atomic E-state index is -0.808. The molecule has 3 aromatic heterocycles. The van der Waals surface area contributed by atoms with E-state index in [0.29, 0.717) is 22.7 Å². The summed E-state index contributed by atoms with van der Waals surface area (Å²) in [6.45, 7) is 0. The highest BCUT2D eigenvalue weighted by molar-refractivity contribution is 5.94. The van der Waals surface area contributed by atoms with Crippen molar-refractivity contribution in [2.45, 2.75) is 0 Å². The molecule has 7 heteroatoms. The zero-order chi connectivity index (χ0) is 14.8. The van der Waals surface area contributed by atoms with Crippen molar-refractivity contribution in [2.75, 3.05) is 0 Å². The van der Waals surface area contributed by atoms with Gasteiger partial charge in [-0.25, -0.2) is 9.97 Å². The number of rotatable bonds is 3. The van der Waals surface area contributed by atoms with E-state index < -0.39 is 11.5 Å². The van der Waals surface area contributed by atoms with Crippen LogP contribution in [0.15, 0.2) is 52.3 Å². The van der Waals surface area contributed by atoms with Crippen LogP contribution in [0.25, 0.3) is 22.7 Å².